The second kappa shape index (κ2) is 3.58. The number of benzene rings is 1. The quantitative estimate of drug-likeness (QED) is 0.322. The van der Waals surface area contributed by atoms with Crippen LogP contribution in [0.4, 0.5) is 5.69 Å². The van der Waals surface area contributed by atoms with E-state index in [4.69, 9.17) is 0 Å². The maximum Gasteiger partial charge on any atom is 0.290 e. The molecule has 1 heterocycles. The van der Waals surface area contributed by atoms with Gasteiger partial charge < -0.3 is 5.21 Å². The van der Waals surface area contributed by atoms with Crippen molar-refractivity contribution in [3.63, 3.8) is 0 Å². The average molecular weight is 217 g/mol. The molecule has 0 spiro atoms. The number of aromatic nitrogens is 1. The molecule has 0 saturated carbocycles. The molecule has 0 aliphatic carbocycles. The summed E-state index contributed by atoms with van der Waals surface area (Å²) in [6.07, 6.45) is 2.62. The van der Waals surface area contributed by atoms with Crippen molar-refractivity contribution in [1.29, 1.82) is 0 Å². The molecule has 0 unspecified atom stereocenters. The molecule has 2 aromatic rings. The molecule has 1 aromatic carbocycles. The molecule has 6 nitrogen and oxygen atoms in total. The maximum absolute atomic E-state index is 11.4. The Kier molecular flexibility index (Phi) is 2.24. The van der Waals surface area contributed by atoms with Gasteiger partial charge in [-0.05, 0) is 6.07 Å². The molecule has 79 valence electrons. The molecule has 0 fully saturated rings. The van der Waals surface area contributed by atoms with Crippen molar-refractivity contribution in [2.45, 2.75) is 0 Å². The largest absolute Gasteiger partial charge is 0.618 e. The molecule has 0 aliphatic rings. The molecule has 2 rings (SSSR count). The van der Waals surface area contributed by atoms with E-state index in [0.29, 0.717) is 4.73 Å². The van der Waals surface area contributed by atoms with E-state index >= 15 is 0 Å². The van der Waals surface area contributed by atoms with Crippen LogP contribution in [-0.2, 0) is 4.79 Å². The van der Waals surface area contributed by atoms with E-state index < -0.39 is 4.92 Å². The zero-order valence-corrected chi connectivity index (χ0v) is 7.91. The number of hydrogen-bond acceptors (Lipinski definition) is 4. The van der Waals surface area contributed by atoms with Crippen molar-refractivity contribution in [2.75, 3.05) is 0 Å². The van der Waals surface area contributed by atoms with E-state index in [1.54, 1.807) is 6.29 Å². The number of fused-ring (bicyclic) bond motifs is 1. The zero-order chi connectivity index (χ0) is 11.7. The Morgan fingerprint density at radius 3 is 2.69 bits per heavy atom. The number of nitro groups is 1. The fourth-order valence-electron chi connectivity index (χ4n) is 1.53. The highest BCUT2D eigenvalue weighted by molar-refractivity contribution is 6.00. The topological polar surface area (TPSA) is 87.1 Å². The molecule has 0 N–H and O–H groups in total. The van der Waals surface area contributed by atoms with E-state index in [-0.39, 0.29) is 22.2 Å². The summed E-state index contributed by atoms with van der Waals surface area (Å²) in [6.45, 7) is 0. The van der Waals surface area contributed by atoms with E-state index in [1.165, 1.54) is 18.2 Å². The third kappa shape index (κ3) is 1.36. The number of carbonyl (C=O) groups excluding carboxylic acids is 1. The van der Waals surface area contributed by atoms with Gasteiger partial charge in [0.15, 0.2) is 6.20 Å². The van der Waals surface area contributed by atoms with E-state index in [0.717, 1.165) is 12.3 Å². The third-order valence-electron chi connectivity index (χ3n) is 2.21. The molecule has 0 aliphatic heterocycles. The summed E-state index contributed by atoms with van der Waals surface area (Å²) in [5.41, 5.74) is -0.189. The van der Waals surface area contributed by atoms with Gasteiger partial charge in [0.25, 0.3) is 5.69 Å². The van der Waals surface area contributed by atoms with E-state index in [9.17, 15) is 20.1 Å². The van der Waals surface area contributed by atoms with Crippen molar-refractivity contribution in [2.24, 2.45) is 0 Å². The van der Waals surface area contributed by atoms with Crippen LogP contribution in [-0.4, -0.2) is 11.2 Å². The first-order valence-electron chi connectivity index (χ1n) is 4.32. The Morgan fingerprint density at radius 2 is 2.06 bits per heavy atom. The average Bonchev–Trinajstić information content (AvgIpc) is 2.28. The summed E-state index contributed by atoms with van der Waals surface area (Å²) < 4.78 is 0.475. The lowest BCUT2D eigenvalue weighted by Crippen LogP contribution is -2.26. The molecule has 0 atom stereocenters. The SMILES string of the molecule is O=[C]c1cccc2c1c([N+](=O)[O-])cc[n+]2[O-]. The van der Waals surface area contributed by atoms with Crippen LogP contribution in [0.1, 0.15) is 5.56 Å². The molecule has 1 radical (unpaired) electrons. The molecule has 16 heavy (non-hydrogen) atoms. The lowest BCUT2D eigenvalue weighted by atomic mass is 10.1. The van der Waals surface area contributed by atoms with Crippen LogP contribution in [0.15, 0.2) is 30.5 Å². The summed E-state index contributed by atoms with van der Waals surface area (Å²) in [7, 11) is 0. The standard InChI is InChI=1S/C10H5N2O4/c13-6-7-2-1-3-8-10(7)9(12(15)16)4-5-11(8)14/h1-5H. The third-order valence-corrected chi connectivity index (χ3v) is 2.21. The fraction of sp³-hybridized carbons (Fsp3) is 0. The first-order chi connectivity index (χ1) is 7.65. The van der Waals surface area contributed by atoms with Crippen molar-refractivity contribution < 1.29 is 14.4 Å². The van der Waals surface area contributed by atoms with Gasteiger partial charge in [0.1, 0.15) is 5.39 Å². The Labute approximate surface area is 89.5 Å². The van der Waals surface area contributed by atoms with Crippen molar-refractivity contribution in [1.82, 2.24) is 0 Å². The van der Waals surface area contributed by atoms with Crippen LogP contribution >= 0.6 is 0 Å². The van der Waals surface area contributed by atoms with Gasteiger partial charge in [0.2, 0.25) is 11.8 Å². The van der Waals surface area contributed by atoms with E-state index in [2.05, 4.69) is 0 Å². The highest BCUT2D eigenvalue weighted by atomic mass is 16.6. The highest BCUT2D eigenvalue weighted by Crippen LogP contribution is 2.25. The number of hydrogen-bond donors (Lipinski definition) is 0. The van der Waals surface area contributed by atoms with Crippen molar-refractivity contribution in [3.05, 3.63) is 51.3 Å². The van der Waals surface area contributed by atoms with Gasteiger partial charge in [-0.15, -0.1) is 0 Å². The van der Waals surface area contributed by atoms with Gasteiger partial charge in [-0.25, -0.2) is 0 Å². The number of pyridine rings is 1. The summed E-state index contributed by atoms with van der Waals surface area (Å²) in [5, 5.41) is 22.2. The minimum Gasteiger partial charge on any atom is -0.618 e. The molecule has 6 heteroatoms. The first-order valence-corrected chi connectivity index (χ1v) is 4.32. The summed E-state index contributed by atoms with van der Waals surface area (Å²) in [6, 6.07) is 5.33. The van der Waals surface area contributed by atoms with Crippen LogP contribution in [0.5, 0.6) is 0 Å². The Balaban J connectivity index is 2.99. The summed E-state index contributed by atoms with van der Waals surface area (Å²) >= 11 is 0. The van der Waals surface area contributed by atoms with Gasteiger partial charge in [-0.1, -0.05) is 6.07 Å². The van der Waals surface area contributed by atoms with Gasteiger partial charge in [-0.2, -0.15) is 4.73 Å². The maximum atomic E-state index is 11.4. The molecule has 0 bridgehead atoms. The summed E-state index contributed by atoms with van der Waals surface area (Å²) in [5.74, 6) is 0. The predicted octanol–water partition coefficient (Wildman–Crippen LogP) is 0.839. The Bertz CT molecular complexity index is 595. The molecular weight excluding hydrogens is 212 g/mol. The monoisotopic (exact) mass is 217 g/mol. The number of rotatable bonds is 2. The predicted molar refractivity (Wildman–Crippen MR) is 54.4 cm³/mol. The minimum absolute atomic E-state index is 0.00870. The highest BCUT2D eigenvalue weighted by Gasteiger charge is 2.20. The van der Waals surface area contributed by atoms with Gasteiger partial charge in [0.05, 0.1) is 11.0 Å². The fourth-order valence-corrected chi connectivity index (χ4v) is 1.53. The van der Waals surface area contributed by atoms with Gasteiger partial charge >= 0.3 is 0 Å². The first kappa shape index (κ1) is 10.0. The molecule has 0 saturated heterocycles. The second-order valence-corrected chi connectivity index (χ2v) is 3.09. The summed E-state index contributed by atoms with van der Waals surface area (Å²) in [4.78, 5) is 20.8. The molecule has 0 amide bonds. The van der Waals surface area contributed by atoms with Gasteiger partial charge in [-0.3, -0.25) is 14.9 Å². The van der Waals surface area contributed by atoms with Crippen LogP contribution in [0, 0.1) is 15.3 Å². The van der Waals surface area contributed by atoms with Crippen molar-refractivity contribution >= 4 is 22.9 Å². The molecule has 1 aromatic heterocycles. The van der Waals surface area contributed by atoms with Crippen LogP contribution in [0.3, 0.4) is 0 Å². The Hall–Kier alpha value is -2.50. The number of nitrogens with zero attached hydrogens (tertiary/aromatic N) is 2. The minimum atomic E-state index is -0.636. The Morgan fingerprint density at radius 1 is 1.31 bits per heavy atom. The smallest absolute Gasteiger partial charge is 0.290 e. The van der Waals surface area contributed by atoms with Crippen molar-refractivity contribution in [3.8, 4) is 0 Å². The van der Waals surface area contributed by atoms with Crippen LogP contribution < -0.4 is 4.73 Å². The van der Waals surface area contributed by atoms with E-state index in [1.807, 2.05) is 0 Å². The second-order valence-electron chi connectivity index (χ2n) is 3.09. The lowest BCUT2D eigenvalue weighted by molar-refractivity contribution is -0.577. The zero-order valence-electron chi connectivity index (χ0n) is 7.91. The van der Waals surface area contributed by atoms with Crippen LogP contribution in [0.2, 0.25) is 0 Å². The van der Waals surface area contributed by atoms with Crippen LogP contribution in [0.25, 0.3) is 10.9 Å². The van der Waals surface area contributed by atoms with Gasteiger partial charge in [0, 0.05) is 11.6 Å². The lowest BCUT2D eigenvalue weighted by Gasteiger charge is -2.02. The molecular formula is C10H5N2O4. The normalized spacial score (nSPS) is 10.2.